The highest BCUT2D eigenvalue weighted by Crippen LogP contribution is 2.27. The van der Waals surface area contributed by atoms with Gasteiger partial charge in [0.2, 0.25) is 5.91 Å². The molecule has 0 aromatic heterocycles. The summed E-state index contributed by atoms with van der Waals surface area (Å²) in [6, 6.07) is 14.6. The van der Waals surface area contributed by atoms with E-state index in [1.165, 1.54) is 5.69 Å². The summed E-state index contributed by atoms with van der Waals surface area (Å²) < 4.78 is 5.96. The van der Waals surface area contributed by atoms with E-state index in [0.29, 0.717) is 19.1 Å². The first-order chi connectivity index (χ1) is 14.1. The molecule has 0 aliphatic carbocycles. The Bertz CT molecular complexity index is 856. The number of hydrogen-bond acceptors (Lipinski definition) is 4. The van der Waals surface area contributed by atoms with E-state index in [0.717, 1.165) is 61.0 Å². The third-order valence-corrected chi connectivity index (χ3v) is 6.04. The molecule has 5 nitrogen and oxygen atoms in total. The molecular formula is C23H28ClN3O2. The third kappa shape index (κ3) is 5.03. The lowest BCUT2D eigenvalue weighted by Gasteiger charge is -2.41. The van der Waals surface area contributed by atoms with E-state index >= 15 is 0 Å². The minimum atomic E-state index is 0.0939. The minimum absolute atomic E-state index is 0.0939. The molecule has 1 atom stereocenters. The molecule has 29 heavy (non-hydrogen) atoms. The standard InChI is InChI=1S/C23H28ClN3O2/c1-17-16-27(20-6-4-19(24)5-7-20)13-12-26(17)11-2-14-29-21-8-9-22-18(15-21)3-10-23(28)25-22/h4-9,15,17H,2-3,10-14,16H2,1H3,(H,25,28). The number of piperazine rings is 1. The zero-order valence-electron chi connectivity index (χ0n) is 16.9. The lowest BCUT2D eigenvalue weighted by molar-refractivity contribution is -0.116. The second-order valence-corrected chi connectivity index (χ2v) is 8.31. The monoisotopic (exact) mass is 413 g/mol. The van der Waals surface area contributed by atoms with Gasteiger partial charge in [-0.15, -0.1) is 0 Å². The van der Waals surface area contributed by atoms with Gasteiger partial charge in [-0.1, -0.05) is 11.6 Å². The average molecular weight is 414 g/mol. The van der Waals surface area contributed by atoms with Gasteiger partial charge in [0.05, 0.1) is 6.61 Å². The molecule has 1 N–H and O–H groups in total. The molecule has 154 valence electrons. The molecule has 1 saturated heterocycles. The van der Waals surface area contributed by atoms with Crippen LogP contribution in [-0.4, -0.2) is 49.6 Å². The number of aryl methyl sites for hydroxylation is 1. The van der Waals surface area contributed by atoms with Crippen LogP contribution in [0, 0.1) is 0 Å². The number of fused-ring (bicyclic) bond motifs is 1. The largest absolute Gasteiger partial charge is 0.494 e. The molecule has 0 saturated carbocycles. The smallest absolute Gasteiger partial charge is 0.224 e. The van der Waals surface area contributed by atoms with Crippen molar-refractivity contribution in [1.29, 1.82) is 0 Å². The summed E-state index contributed by atoms with van der Waals surface area (Å²) in [6.45, 7) is 7.15. The first-order valence-electron chi connectivity index (χ1n) is 10.4. The van der Waals surface area contributed by atoms with E-state index in [4.69, 9.17) is 16.3 Å². The van der Waals surface area contributed by atoms with Gasteiger partial charge >= 0.3 is 0 Å². The number of rotatable bonds is 6. The molecule has 0 radical (unpaired) electrons. The molecule has 1 unspecified atom stereocenters. The molecule has 0 spiro atoms. The Morgan fingerprint density at radius 3 is 2.76 bits per heavy atom. The first-order valence-corrected chi connectivity index (χ1v) is 10.8. The molecule has 2 aliphatic rings. The molecule has 0 bridgehead atoms. The van der Waals surface area contributed by atoms with Crippen molar-refractivity contribution < 1.29 is 9.53 Å². The van der Waals surface area contributed by atoms with Crippen LogP contribution in [0.5, 0.6) is 5.75 Å². The fourth-order valence-corrected chi connectivity index (χ4v) is 4.25. The highest BCUT2D eigenvalue weighted by Gasteiger charge is 2.23. The van der Waals surface area contributed by atoms with Crippen LogP contribution in [0.4, 0.5) is 11.4 Å². The fraction of sp³-hybridized carbons (Fsp3) is 0.435. The summed E-state index contributed by atoms with van der Waals surface area (Å²) in [6.07, 6.45) is 2.34. The number of carbonyl (C=O) groups is 1. The van der Waals surface area contributed by atoms with Crippen LogP contribution >= 0.6 is 11.6 Å². The number of nitrogens with one attached hydrogen (secondary N) is 1. The van der Waals surface area contributed by atoms with E-state index in [1.807, 2.05) is 24.3 Å². The Morgan fingerprint density at radius 2 is 1.97 bits per heavy atom. The Balaban J connectivity index is 1.21. The summed E-state index contributed by atoms with van der Waals surface area (Å²) in [5.74, 6) is 0.983. The van der Waals surface area contributed by atoms with Gasteiger partial charge in [0, 0.05) is 55.0 Å². The average Bonchev–Trinajstić information content (AvgIpc) is 2.72. The number of amides is 1. The Kier molecular flexibility index (Phi) is 6.26. The Hall–Kier alpha value is -2.24. The molecule has 1 amide bonds. The maximum Gasteiger partial charge on any atom is 0.224 e. The summed E-state index contributed by atoms with van der Waals surface area (Å²) in [5, 5.41) is 3.69. The number of ether oxygens (including phenoxy) is 1. The van der Waals surface area contributed by atoms with Crippen molar-refractivity contribution in [3.63, 3.8) is 0 Å². The summed E-state index contributed by atoms with van der Waals surface area (Å²) in [5.41, 5.74) is 3.32. The summed E-state index contributed by atoms with van der Waals surface area (Å²) in [7, 11) is 0. The topological polar surface area (TPSA) is 44.8 Å². The van der Waals surface area contributed by atoms with Crippen LogP contribution in [0.1, 0.15) is 25.3 Å². The number of halogens is 1. The molecular weight excluding hydrogens is 386 g/mol. The van der Waals surface area contributed by atoms with E-state index in [-0.39, 0.29) is 5.91 Å². The van der Waals surface area contributed by atoms with Crippen LogP contribution in [0.15, 0.2) is 42.5 Å². The SMILES string of the molecule is CC1CN(c2ccc(Cl)cc2)CCN1CCCOc1ccc2c(c1)CCC(=O)N2. The maximum atomic E-state index is 11.5. The number of carbonyl (C=O) groups excluding carboxylic acids is 1. The Labute approximate surface area is 177 Å². The van der Waals surface area contributed by atoms with Gasteiger partial charge in [0.15, 0.2) is 0 Å². The molecule has 4 rings (SSSR count). The third-order valence-electron chi connectivity index (χ3n) is 5.79. The fourth-order valence-electron chi connectivity index (χ4n) is 4.12. The predicted molar refractivity (Wildman–Crippen MR) is 118 cm³/mol. The van der Waals surface area contributed by atoms with Crippen molar-refractivity contribution in [3.8, 4) is 5.75 Å². The Morgan fingerprint density at radius 1 is 1.14 bits per heavy atom. The van der Waals surface area contributed by atoms with Crippen molar-refractivity contribution in [3.05, 3.63) is 53.1 Å². The lowest BCUT2D eigenvalue weighted by atomic mass is 10.0. The lowest BCUT2D eigenvalue weighted by Crippen LogP contribution is -2.52. The first kappa shape index (κ1) is 20.0. The van der Waals surface area contributed by atoms with Crippen molar-refractivity contribution in [2.75, 3.05) is 43.0 Å². The van der Waals surface area contributed by atoms with Crippen molar-refractivity contribution >= 4 is 28.9 Å². The molecule has 1 fully saturated rings. The van der Waals surface area contributed by atoms with Gasteiger partial charge in [-0.2, -0.15) is 0 Å². The summed E-state index contributed by atoms with van der Waals surface area (Å²) in [4.78, 5) is 16.4. The maximum absolute atomic E-state index is 11.5. The molecule has 2 aromatic rings. The number of nitrogens with zero attached hydrogens (tertiary/aromatic N) is 2. The quantitative estimate of drug-likeness (QED) is 0.721. The second kappa shape index (κ2) is 9.06. The zero-order chi connectivity index (χ0) is 20.2. The van der Waals surface area contributed by atoms with Gasteiger partial charge in [-0.3, -0.25) is 9.69 Å². The van der Waals surface area contributed by atoms with Gasteiger partial charge in [0.25, 0.3) is 0 Å². The van der Waals surface area contributed by atoms with E-state index in [2.05, 4.69) is 40.2 Å². The van der Waals surface area contributed by atoms with E-state index in [9.17, 15) is 4.79 Å². The predicted octanol–water partition coefficient (Wildman–Crippen LogP) is 4.20. The second-order valence-electron chi connectivity index (χ2n) is 7.88. The highest BCUT2D eigenvalue weighted by molar-refractivity contribution is 6.30. The highest BCUT2D eigenvalue weighted by atomic mass is 35.5. The van der Waals surface area contributed by atoms with Crippen LogP contribution in [0.3, 0.4) is 0 Å². The van der Waals surface area contributed by atoms with Gasteiger partial charge in [-0.05, 0) is 67.8 Å². The normalized spacial score (nSPS) is 19.6. The molecule has 2 heterocycles. The summed E-state index contributed by atoms with van der Waals surface area (Å²) >= 11 is 6.00. The minimum Gasteiger partial charge on any atom is -0.494 e. The van der Waals surface area contributed by atoms with Crippen LogP contribution in [0.2, 0.25) is 5.02 Å². The van der Waals surface area contributed by atoms with Crippen LogP contribution in [-0.2, 0) is 11.2 Å². The van der Waals surface area contributed by atoms with E-state index < -0.39 is 0 Å². The zero-order valence-corrected chi connectivity index (χ0v) is 17.6. The van der Waals surface area contributed by atoms with Gasteiger partial charge < -0.3 is 15.0 Å². The van der Waals surface area contributed by atoms with Crippen LogP contribution < -0.4 is 15.0 Å². The van der Waals surface area contributed by atoms with Gasteiger partial charge in [0.1, 0.15) is 5.75 Å². The van der Waals surface area contributed by atoms with Crippen molar-refractivity contribution in [2.45, 2.75) is 32.2 Å². The van der Waals surface area contributed by atoms with Crippen molar-refractivity contribution in [1.82, 2.24) is 4.90 Å². The van der Waals surface area contributed by atoms with E-state index in [1.54, 1.807) is 0 Å². The number of hydrogen-bond donors (Lipinski definition) is 1. The van der Waals surface area contributed by atoms with Crippen molar-refractivity contribution in [2.24, 2.45) is 0 Å². The molecule has 6 heteroatoms. The number of anilines is 2. The number of benzene rings is 2. The molecule has 2 aliphatic heterocycles. The molecule has 2 aromatic carbocycles. The van der Waals surface area contributed by atoms with Crippen LogP contribution in [0.25, 0.3) is 0 Å². The van der Waals surface area contributed by atoms with Gasteiger partial charge in [-0.25, -0.2) is 0 Å².